The minimum absolute atomic E-state index is 0.210. The molecule has 0 aliphatic carbocycles. The van der Waals surface area contributed by atoms with Crippen LogP contribution >= 0.6 is 0 Å². The molecule has 0 amide bonds. The first-order chi connectivity index (χ1) is 10.1. The maximum atomic E-state index is 5.25. The van der Waals surface area contributed by atoms with Crippen molar-refractivity contribution in [3.8, 4) is 5.75 Å². The van der Waals surface area contributed by atoms with E-state index in [1.165, 1.54) is 17.7 Å². The molecule has 2 atom stereocenters. The van der Waals surface area contributed by atoms with Crippen molar-refractivity contribution in [2.75, 3.05) is 18.6 Å². The molecule has 1 heterocycles. The molecule has 21 heavy (non-hydrogen) atoms. The number of anilines is 1. The summed E-state index contributed by atoms with van der Waals surface area (Å²) in [6.45, 7) is 5.82. The Morgan fingerprint density at radius 3 is 2.33 bits per heavy atom. The molecular formula is C19H23NO. The first kappa shape index (κ1) is 14.0. The van der Waals surface area contributed by atoms with E-state index in [0.29, 0.717) is 6.04 Å². The molecule has 0 bridgehead atoms. The predicted octanol–water partition coefficient (Wildman–Crippen LogP) is 4.25. The van der Waals surface area contributed by atoms with Gasteiger partial charge in [-0.1, -0.05) is 37.3 Å². The minimum atomic E-state index is 0.210. The summed E-state index contributed by atoms with van der Waals surface area (Å²) < 4.78 is 5.25. The smallest absolute Gasteiger partial charge is 0.119 e. The van der Waals surface area contributed by atoms with Crippen LogP contribution in [0.5, 0.6) is 5.75 Å². The minimum Gasteiger partial charge on any atom is -0.497 e. The van der Waals surface area contributed by atoms with Gasteiger partial charge in [-0.15, -0.1) is 0 Å². The first-order valence-electron chi connectivity index (χ1n) is 7.61. The monoisotopic (exact) mass is 281 g/mol. The second-order valence-corrected chi connectivity index (χ2v) is 6.10. The Kier molecular flexibility index (Phi) is 3.62. The van der Waals surface area contributed by atoms with Crippen LogP contribution in [-0.2, 0) is 5.41 Å². The van der Waals surface area contributed by atoms with Gasteiger partial charge in [0.1, 0.15) is 5.75 Å². The molecule has 0 unspecified atom stereocenters. The molecule has 0 aromatic heterocycles. The molecule has 0 radical (unpaired) electrons. The Labute approximate surface area is 127 Å². The van der Waals surface area contributed by atoms with Gasteiger partial charge in [0.25, 0.3) is 0 Å². The van der Waals surface area contributed by atoms with Gasteiger partial charge in [-0.05, 0) is 43.2 Å². The normalized spacial score (nSPS) is 25.1. The van der Waals surface area contributed by atoms with Crippen LogP contribution in [0.3, 0.4) is 0 Å². The Hall–Kier alpha value is -1.96. The SMILES string of the molecule is COc1ccc(N2CC[C@@](C)(c3ccccc3)[C@H]2C)cc1. The maximum Gasteiger partial charge on any atom is 0.119 e. The Morgan fingerprint density at radius 1 is 1.05 bits per heavy atom. The van der Waals surface area contributed by atoms with Crippen LogP contribution in [0.2, 0.25) is 0 Å². The van der Waals surface area contributed by atoms with E-state index in [2.05, 4.69) is 61.2 Å². The van der Waals surface area contributed by atoms with Crippen LogP contribution in [0.4, 0.5) is 5.69 Å². The summed E-state index contributed by atoms with van der Waals surface area (Å²) in [4.78, 5) is 2.51. The van der Waals surface area contributed by atoms with Gasteiger partial charge in [-0.2, -0.15) is 0 Å². The third-order valence-corrected chi connectivity index (χ3v) is 5.10. The van der Waals surface area contributed by atoms with Gasteiger partial charge in [0, 0.05) is 23.7 Å². The third-order valence-electron chi connectivity index (χ3n) is 5.10. The van der Waals surface area contributed by atoms with E-state index in [0.717, 1.165) is 12.3 Å². The van der Waals surface area contributed by atoms with Gasteiger partial charge >= 0.3 is 0 Å². The molecule has 2 aromatic carbocycles. The van der Waals surface area contributed by atoms with Crippen molar-refractivity contribution in [3.05, 3.63) is 60.2 Å². The van der Waals surface area contributed by atoms with E-state index in [1.807, 2.05) is 12.1 Å². The molecule has 0 N–H and O–H groups in total. The zero-order valence-corrected chi connectivity index (χ0v) is 13.0. The van der Waals surface area contributed by atoms with Crippen molar-refractivity contribution in [1.82, 2.24) is 0 Å². The molecule has 1 saturated heterocycles. The lowest BCUT2D eigenvalue weighted by molar-refractivity contribution is 0.414. The van der Waals surface area contributed by atoms with Gasteiger partial charge < -0.3 is 9.64 Å². The van der Waals surface area contributed by atoms with Crippen LogP contribution in [0, 0.1) is 0 Å². The van der Waals surface area contributed by atoms with Crippen molar-refractivity contribution in [2.45, 2.75) is 31.7 Å². The van der Waals surface area contributed by atoms with Crippen LogP contribution in [-0.4, -0.2) is 19.7 Å². The van der Waals surface area contributed by atoms with E-state index in [1.54, 1.807) is 7.11 Å². The number of nitrogens with zero attached hydrogens (tertiary/aromatic N) is 1. The molecule has 1 fully saturated rings. The molecule has 110 valence electrons. The van der Waals surface area contributed by atoms with Crippen molar-refractivity contribution in [2.24, 2.45) is 0 Å². The average molecular weight is 281 g/mol. The molecule has 1 aliphatic rings. The van der Waals surface area contributed by atoms with Gasteiger partial charge in [0.05, 0.1) is 7.11 Å². The maximum absolute atomic E-state index is 5.25. The van der Waals surface area contributed by atoms with Gasteiger partial charge in [0.2, 0.25) is 0 Å². The van der Waals surface area contributed by atoms with E-state index in [9.17, 15) is 0 Å². The van der Waals surface area contributed by atoms with Crippen molar-refractivity contribution < 1.29 is 4.74 Å². The quantitative estimate of drug-likeness (QED) is 0.834. The van der Waals surface area contributed by atoms with Crippen molar-refractivity contribution in [1.29, 1.82) is 0 Å². The Balaban J connectivity index is 1.87. The zero-order valence-electron chi connectivity index (χ0n) is 13.0. The molecule has 0 spiro atoms. The van der Waals surface area contributed by atoms with E-state index in [-0.39, 0.29) is 5.41 Å². The largest absolute Gasteiger partial charge is 0.497 e. The Morgan fingerprint density at radius 2 is 1.71 bits per heavy atom. The highest BCUT2D eigenvalue weighted by molar-refractivity contribution is 5.53. The van der Waals surface area contributed by atoms with E-state index < -0.39 is 0 Å². The summed E-state index contributed by atoms with van der Waals surface area (Å²) in [6.07, 6.45) is 1.18. The lowest BCUT2D eigenvalue weighted by Crippen LogP contribution is -2.38. The highest BCUT2D eigenvalue weighted by Gasteiger charge is 2.42. The molecule has 3 rings (SSSR count). The number of ether oxygens (including phenoxy) is 1. The average Bonchev–Trinajstić information content (AvgIpc) is 2.85. The number of hydrogen-bond acceptors (Lipinski definition) is 2. The summed E-state index contributed by atoms with van der Waals surface area (Å²) in [7, 11) is 1.71. The third kappa shape index (κ3) is 2.39. The molecular weight excluding hydrogens is 258 g/mol. The molecule has 2 nitrogen and oxygen atoms in total. The van der Waals surface area contributed by atoms with Gasteiger partial charge in [-0.25, -0.2) is 0 Å². The summed E-state index contributed by atoms with van der Waals surface area (Å²) >= 11 is 0. The number of benzene rings is 2. The second-order valence-electron chi connectivity index (χ2n) is 6.10. The zero-order chi connectivity index (χ0) is 14.9. The molecule has 1 aliphatic heterocycles. The molecule has 2 heteroatoms. The van der Waals surface area contributed by atoms with Crippen LogP contribution in [0.1, 0.15) is 25.8 Å². The van der Waals surface area contributed by atoms with Gasteiger partial charge in [0.15, 0.2) is 0 Å². The fourth-order valence-corrected chi connectivity index (χ4v) is 3.43. The van der Waals surface area contributed by atoms with Crippen LogP contribution in [0.25, 0.3) is 0 Å². The molecule has 2 aromatic rings. The topological polar surface area (TPSA) is 12.5 Å². The van der Waals surface area contributed by atoms with Gasteiger partial charge in [-0.3, -0.25) is 0 Å². The van der Waals surface area contributed by atoms with Crippen LogP contribution in [0.15, 0.2) is 54.6 Å². The summed E-state index contributed by atoms with van der Waals surface area (Å²) in [5.74, 6) is 0.913. The summed E-state index contributed by atoms with van der Waals surface area (Å²) in [6, 6.07) is 19.8. The van der Waals surface area contributed by atoms with Crippen molar-refractivity contribution in [3.63, 3.8) is 0 Å². The van der Waals surface area contributed by atoms with E-state index in [4.69, 9.17) is 4.74 Å². The fraction of sp³-hybridized carbons (Fsp3) is 0.368. The number of rotatable bonds is 3. The number of methoxy groups -OCH3 is 1. The van der Waals surface area contributed by atoms with E-state index >= 15 is 0 Å². The summed E-state index contributed by atoms with van der Waals surface area (Å²) in [5, 5.41) is 0. The lowest BCUT2D eigenvalue weighted by atomic mass is 9.76. The highest BCUT2D eigenvalue weighted by Crippen LogP contribution is 2.41. The highest BCUT2D eigenvalue weighted by atomic mass is 16.5. The fourth-order valence-electron chi connectivity index (χ4n) is 3.43. The second kappa shape index (κ2) is 5.44. The number of hydrogen-bond donors (Lipinski definition) is 0. The predicted molar refractivity (Wildman–Crippen MR) is 88.2 cm³/mol. The first-order valence-corrected chi connectivity index (χ1v) is 7.61. The molecule has 0 saturated carbocycles. The van der Waals surface area contributed by atoms with Crippen LogP contribution < -0.4 is 9.64 Å². The lowest BCUT2D eigenvalue weighted by Gasteiger charge is -2.34. The standard InChI is InChI=1S/C19H23NO/c1-15-19(2,16-7-5-4-6-8-16)13-14-20(15)17-9-11-18(21-3)12-10-17/h4-12,15H,13-14H2,1-3H3/t15-,19-/m1/s1. The van der Waals surface area contributed by atoms with Crippen molar-refractivity contribution >= 4 is 5.69 Å². The summed E-state index contributed by atoms with van der Waals surface area (Å²) in [5.41, 5.74) is 2.93. The Bertz CT molecular complexity index is 593.